The molecule has 11 aromatic rings. The van der Waals surface area contributed by atoms with Gasteiger partial charge in [0.2, 0.25) is 0 Å². The summed E-state index contributed by atoms with van der Waals surface area (Å²) in [4.78, 5) is 18.0. The zero-order chi connectivity index (χ0) is 45.0. The first-order valence-electron chi connectivity index (χ1n) is 23.2. The molecule has 0 spiro atoms. The molecule has 2 aliphatic rings. The van der Waals surface area contributed by atoms with Crippen molar-refractivity contribution in [3.8, 4) is 78.7 Å². The van der Waals surface area contributed by atoms with E-state index in [2.05, 4.69) is 235 Å². The summed E-state index contributed by atoms with van der Waals surface area (Å²) < 4.78 is 6.69. The van der Waals surface area contributed by atoms with Crippen LogP contribution in [-0.4, -0.2) is 21.0 Å². The van der Waals surface area contributed by atoms with Gasteiger partial charge in [-0.15, -0.1) is 0 Å². The molecule has 0 N–H and O–H groups in total. The Hall–Kier alpha value is -8.93. The van der Waals surface area contributed by atoms with Crippen LogP contribution in [0, 0.1) is 0 Å². The van der Waals surface area contributed by atoms with Gasteiger partial charge in [-0.05, 0) is 92.5 Å². The minimum absolute atomic E-state index is 0.0345. The first kappa shape index (κ1) is 39.4. The van der Waals surface area contributed by atoms with Gasteiger partial charge in [0, 0.05) is 44.9 Å². The Morgan fingerprint density at radius 3 is 1.37 bits per heavy atom. The van der Waals surface area contributed by atoms with E-state index < -0.39 is 0 Å². The number of aromatic nitrogens is 3. The molecular weight excluding hydrogens is 829 g/mol. The largest absolute Gasteiger partial charge is 0.456 e. The summed E-state index contributed by atoms with van der Waals surface area (Å²) >= 11 is 0. The van der Waals surface area contributed by atoms with Crippen molar-refractivity contribution in [2.45, 2.75) is 12.0 Å². The second kappa shape index (κ2) is 16.5. The van der Waals surface area contributed by atoms with E-state index in [1.807, 2.05) is 12.1 Å². The highest BCUT2D eigenvalue weighted by Crippen LogP contribution is 2.54. The van der Waals surface area contributed by atoms with Crippen molar-refractivity contribution in [2.75, 3.05) is 4.90 Å². The van der Waals surface area contributed by atoms with Crippen molar-refractivity contribution in [1.82, 2.24) is 15.0 Å². The van der Waals surface area contributed by atoms with Crippen LogP contribution in [-0.2, 0) is 0 Å². The van der Waals surface area contributed by atoms with E-state index >= 15 is 0 Å². The van der Waals surface area contributed by atoms with Crippen molar-refractivity contribution in [2.24, 2.45) is 0 Å². The van der Waals surface area contributed by atoms with E-state index in [1.165, 1.54) is 39.1 Å². The minimum Gasteiger partial charge on any atom is -0.456 e. The van der Waals surface area contributed by atoms with Gasteiger partial charge in [-0.1, -0.05) is 200 Å². The Morgan fingerprint density at radius 1 is 0.368 bits per heavy atom. The summed E-state index contributed by atoms with van der Waals surface area (Å²) in [5.74, 6) is 2.75. The molecule has 9 aromatic carbocycles. The van der Waals surface area contributed by atoms with Crippen LogP contribution in [0.25, 0.3) is 95.7 Å². The molecule has 0 saturated carbocycles. The molecule has 13 rings (SSSR count). The maximum Gasteiger partial charge on any atom is 0.164 e. The number of hydrogen-bond acceptors (Lipinski definition) is 5. The average Bonchev–Trinajstić information content (AvgIpc) is 3.97. The van der Waals surface area contributed by atoms with Crippen molar-refractivity contribution in [3.63, 3.8) is 0 Å². The van der Waals surface area contributed by atoms with Crippen molar-refractivity contribution in [3.05, 3.63) is 253 Å². The number of nitrogens with zero attached hydrogens (tertiary/aromatic N) is 4. The molecule has 3 heterocycles. The number of fused-ring (bicyclic) bond motifs is 7. The molecule has 5 nitrogen and oxygen atoms in total. The monoisotopic (exact) mass is 870 g/mol. The minimum atomic E-state index is 0.0345. The van der Waals surface area contributed by atoms with Crippen LogP contribution in [0.2, 0.25) is 0 Å². The predicted molar refractivity (Wildman–Crippen MR) is 277 cm³/mol. The van der Waals surface area contributed by atoms with E-state index in [1.54, 1.807) is 0 Å². The lowest BCUT2D eigenvalue weighted by Gasteiger charge is -2.30. The van der Waals surface area contributed by atoms with Crippen LogP contribution in [0.3, 0.4) is 0 Å². The summed E-state index contributed by atoms with van der Waals surface area (Å²) in [6.07, 6.45) is 4.48. The molecule has 2 atom stereocenters. The zero-order valence-electron chi connectivity index (χ0n) is 36.9. The topological polar surface area (TPSA) is 55.1 Å². The first-order valence-corrected chi connectivity index (χ1v) is 23.2. The summed E-state index contributed by atoms with van der Waals surface area (Å²) in [6.45, 7) is 0. The number of para-hydroxylation sites is 1. The summed E-state index contributed by atoms with van der Waals surface area (Å²) in [7, 11) is 0. The molecular formula is C63H42N4O. The smallest absolute Gasteiger partial charge is 0.164 e. The Bertz CT molecular complexity index is 3560. The van der Waals surface area contributed by atoms with Gasteiger partial charge in [0.25, 0.3) is 0 Å². The van der Waals surface area contributed by atoms with Crippen LogP contribution in [0.4, 0.5) is 11.4 Å². The predicted octanol–water partition coefficient (Wildman–Crippen LogP) is 16.0. The molecule has 1 aliphatic heterocycles. The highest BCUT2D eigenvalue weighted by Gasteiger charge is 2.43. The quantitative estimate of drug-likeness (QED) is 0.152. The van der Waals surface area contributed by atoms with Gasteiger partial charge in [0.05, 0.1) is 6.04 Å². The summed E-state index contributed by atoms with van der Waals surface area (Å²) in [5.41, 5.74) is 17.8. The van der Waals surface area contributed by atoms with E-state index in [-0.39, 0.29) is 12.0 Å². The van der Waals surface area contributed by atoms with Crippen molar-refractivity contribution >= 4 is 28.4 Å². The number of benzene rings is 9. The molecule has 320 valence electrons. The van der Waals surface area contributed by atoms with Crippen LogP contribution in [0.15, 0.2) is 241 Å². The van der Waals surface area contributed by atoms with Crippen LogP contribution < -0.4 is 4.90 Å². The lowest BCUT2D eigenvalue weighted by atomic mass is 9.82. The van der Waals surface area contributed by atoms with Gasteiger partial charge in [-0.3, -0.25) is 0 Å². The fourth-order valence-electron chi connectivity index (χ4n) is 10.2. The van der Waals surface area contributed by atoms with E-state index in [4.69, 9.17) is 19.4 Å². The van der Waals surface area contributed by atoms with Crippen molar-refractivity contribution < 1.29 is 4.42 Å². The molecule has 0 saturated heterocycles. The van der Waals surface area contributed by atoms with Gasteiger partial charge in [-0.2, -0.15) is 0 Å². The van der Waals surface area contributed by atoms with Gasteiger partial charge >= 0.3 is 0 Å². The lowest BCUT2D eigenvalue weighted by Crippen LogP contribution is -2.30. The summed E-state index contributed by atoms with van der Waals surface area (Å²) in [5, 5.41) is 1.06. The number of anilines is 2. The van der Waals surface area contributed by atoms with E-state index in [9.17, 15) is 0 Å². The normalized spacial score (nSPS) is 14.7. The second-order valence-electron chi connectivity index (χ2n) is 17.5. The Morgan fingerprint density at radius 2 is 0.809 bits per heavy atom. The third kappa shape index (κ3) is 7.00. The standard InChI is InChI=1S/C63H42N4O/c1-4-13-41(14-5-1)44-23-25-47(26-24-44)50-19-12-20-52(39-50)67-55-22-11-10-21-53(55)59-56(67)36-38-58-60(59)54-40-51(35-37-57(54)68-58)63-65-61(48-31-27-45(28-32-48)42-15-6-2-7-16-42)64-62(66-63)49-33-29-46(30-34-49)43-17-8-3-9-18-43/h1-40,56,59H. The SMILES string of the molecule is C1=CC2C(c3ccccc3N2c2cccc(-c3ccc(-c4ccccc4)cc3)c2)c2c1oc1ccc(-c3nc(-c4ccc(-c5ccccc5)cc4)nc(-c4ccc(-c5ccccc5)cc4)n3)cc21. The maximum absolute atomic E-state index is 6.69. The van der Waals surface area contributed by atoms with Gasteiger partial charge in [0.1, 0.15) is 11.3 Å². The Kier molecular flexibility index (Phi) is 9.57. The fourth-order valence-corrected chi connectivity index (χ4v) is 10.2. The highest BCUT2D eigenvalue weighted by molar-refractivity contribution is 5.93. The second-order valence-corrected chi connectivity index (χ2v) is 17.5. The van der Waals surface area contributed by atoms with Crippen molar-refractivity contribution in [1.29, 1.82) is 0 Å². The third-order valence-electron chi connectivity index (χ3n) is 13.5. The number of furan rings is 1. The molecule has 2 unspecified atom stereocenters. The molecule has 68 heavy (non-hydrogen) atoms. The first-order chi connectivity index (χ1) is 33.7. The van der Waals surface area contributed by atoms with Crippen LogP contribution in [0.1, 0.15) is 22.8 Å². The molecule has 1 aliphatic carbocycles. The van der Waals surface area contributed by atoms with Gasteiger partial charge in [0.15, 0.2) is 17.5 Å². The average molecular weight is 871 g/mol. The molecule has 0 bridgehead atoms. The maximum atomic E-state index is 6.69. The van der Waals surface area contributed by atoms with E-state index in [0.717, 1.165) is 61.4 Å². The summed E-state index contributed by atoms with van der Waals surface area (Å²) in [6, 6.07) is 81.4. The lowest BCUT2D eigenvalue weighted by molar-refractivity contribution is 0.584. The third-order valence-corrected chi connectivity index (χ3v) is 13.5. The van der Waals surface area contributed by atoms with Gasteiger partial charge < -0.3 is 9.32 Å². The number of hydrogen-bond donors (Lipinski definition) is 0. The molecule has 0 fully saturated rings. The Labute approximate surface area is 395 Å². The highest BCUT2D eigenvalue weighted by atomic mass is 16.3. The molecule has 0 amide bonds. The Balaban J connectivity index is 0.886. The van der Waals surface area contributed by atoms with Crippen LogP contribution in [0.5, 0.6) is 0 Å². The fraction of sp³-hybridized carbons (Fsp3) is 0.0317. The molecule has 5 heteroatoms. The van der Waals surface area contributed by atoms with Gasteiger partial charge in [-0.25, -0.2) is 15.0 Å². The zero-order valence-corrected chi connectivity index (χ0v) is 36.9. The van der Waals surface area contributed by atoms with E-state index in [0.29, 0.717) is 17.5 Å². The van der Waals surface area contributed by atoms with Crippen LogP contribution >= 0.6 is 0 Å². The number of rotatable bonds is 8. The molecule has 0 radical (unpaired) electrons. The molecule has 2 aromatic heterocycles.